The van der Waals surface area contributed by atoms with Gasteiger partial charge in [-0.3, -0.25) is 4.79 Å². The van der Waals surface area contributed by atoms with E-state index in [-0.39, 0.29) is 5.91 Å². The van der Waals surface area contributed by atoms with Crippen LogP contribution in [0.5, 0.6) is 0 Å². The molecule has 2 aromatic heterocycles. The molecule has 1 amide bonds. The van der Waals surface area contributed by atoms with Crippen molar-refractivity contribution in [2.45, 2.75) is 33.1 Å². The van der Waals surface area contributed by atoms with Crippen molar-refractivity contribution in [1.82, 2.24) is 20.4 Å². The van der Waals surface area contributed by atoms with Crippen LogP contribution >= 0.6 is 11.3 Å². The number of likely N-dealkylation sites (tertiary alicyclic amines) is 1. The van der Waals surface area contributed by atoms with Crippen molar-refractivity contribution in [3.8, 4) is 10.7 Å². The average Bonchev–Trinajstić information content (AvgIpc) is 3.23. The Morgan fingerprint density at radius 1 is 1.40 bits per heavy atom. The molecule has 3 rings (SSSR count). The van der Waals surface area contributed by atoms with Crippen molar-refractivity contribution in [3.05, 3.63) is 23.4 Å². The second-order valence-electron chi connectivity index (χ2n) is 7.04. The van der Waals surface area contributed by atoms with Crippen molar-refractivity contribution in [3.63, 3.8) is 0 Å². The molecule has 136 valence electrons. The molecular formula is C18H26N4O2S. The summed E-state index contributed by atoms with van der Waals surface area (Å²) >= 11 is 1.57. The summed E-state index contributed by atoms with van der Waals surface area (Å²) in [6.45, 7) is 8.49. The Balaban J connectivity index is 1.36. The molecule has 3 heterocycles. The van der Waals surface area contributed by atoms with E-state index in [0.29, 0.717) is 31.1 Å². The van der Waals surface area contributed by atoms with Crippen LogP contribution in [0.3, 0.4) is 0 Å². The first-order valence-electron chi connectivity index (χ1n) is 8.95. The third kappa shape index (κ3) is 5.37. The minimum absolute atomic E-state index is 0.0361. The number of hydrogen-bond acceptors (Lipinski definition) is 6. The maximum atomic E-state index is 12.0. The molecule has 6 nitrogen and oxygen atoms in total. The zero-order chi connectivity index (χ0) is 17.6. The van der Waals surface area contributed by atoms with Gasteiger partial charge in [0.25, 0.3) is 0 Å². The number of aromatic nitrogens is 2. The van der Waals surface area contributed by atoms with Gasteiger partial charge in [-0.15, -0.1) is 11.3 Å². The minimum atomic E-state index is 0.0361. The van der Waals surface area contributed by atoms with Crippen LogP contribution in [0, 0.1) is 11.8 Å². The molecule has 0 aliphatic carbocycles. The monoisotopic (exact) mass is 362 g/mol. The van der Waals surface area contributed by atoms with Gasteiger partial charge in [0.2, 0.25) is 17.6 Å². The van der Waals surface area contributed by atoms with Gasteiger partial charge in [0.05, 0.1) is 4.88 Å². The molecule has 1 fully saturated rings. The number of carbonyl (C=O) groups is 1. The fraction of sp³-hybridized carbons (Fsp3) is 0.611. The van der Waals surface area contributed by atoms with Gasteiger partial charge in [-0.1, -0.05) is 25.1 Å². The van der Waals surface area contributed by atoms with Gasteiger partial charge in [-0.2, -0.15) is 4.98 Å². The lowest BCUT2D eigenvalue weighted by Gasteiger charge is -2.34. The Bertz CT molecular complexity index is 660. The van der Waals surface area contributed by atoms with Crippen molar-refractivity contribution >= 4 is 17.2 Å². The van der Waals surface area contributed by atoms with Crippen molar-refractivity contribution in [2.24, 2.45) is 11.8 Å². The number of amides is 1. The van der Waals surface area contributed by atoms with E-state index in [9.17, 15) is 4.79 Å². The molecule has 0 aromatic carbocycles. The van der Waals surface area contributed by atoms with E-state index in [4.69, 9.17) is 4.52 Å². The third-order valence-corrected chi connectivity index (χ3v) is 5.34. The van der Waals surface area contributed by atoms with Gasteiger partial charge < -0.3 is 14.7 Å². The SMILES string of the molecule is CC1CC(C)CN(CCNC(=O)CCc2nc(-c3cccs3)no2)C1. The molecule has 1 N–H and O–H groups in total. The molecule has 1 aliphatic heterocycles. The first-order valence-corrected chi connectivity index (χ1v) is 9.83. The Morgan fingerprint density at radius 2 is 2.20 bits per heavy atom. The van der Waals surface area contributed by atoms with Crippen LogP contribution in [0.1, 0.15) is 32.6 Å². The second kappa shape index (κ2) is 8.58. The fourth-order valence-corrected chi connectivity index (χ4v) is 4.15. The first kappa shape index (κ1) is 18.1. The van der Waals surface area contributed by atoms with Gasteiger partial charge >= 0.3 is 0 Å². The average molecular weight is 362 g/mol. The van der Waals surface area contributed by atoms with E-state index in [2.05, 4.69) is 34.2 Å². The zero-order valence-corrected chi connectivity index (χ0v) is 15.7. The van der Waals surface area contributed by atoms with Gasteiger partial charge in [0.1, 0.15) is 0 Å². The molecule has 0 radical (unpaired) electrons. The smallest absolute Gasteiger partial charge is 0.227 e. The molecule has 0 bridgehead atoms. The summed E-state index contributed by atoms with van der Waals surface area (Å²) in [5.41, 5.74) is 0. The van der Waals surface area contributed by atoms with Gasteiger partial charge in [0.15, 0.2) is 0 Å². The number of thiophene rings is 1. The Hall–Kier alpha value is -1.73. The van der Waals surface area contributed by atoms with E-state index < -0.39 is 0 Å². The molecule has 1 aliphatic rings. The Morgan fingerprint density at radius 3 is 2.92 bits per heavy atom. The van der Waals surface area contributed by atoms with Crippen LogP contribution in [-0.4, -0.2) is 47.1 Å². The molecule has 0 spiro atoms. The Labute approximate surface area is 152 Å². The van der Waals surface area contributed by atoms with Crippen LogP contribution in [0.4, 0.5) is 0 Å². The van der Waals surface area contributed by atoms with Crippen LogP contribution in [0.15, 0.2) is 22.0 Å². The highest BCUT2D eigenvalue weighted by molar-refractivity contribution is 7.13. The third-order valence-electron chi connectivity index (χ3n) is 4.47. The second-order valence-corrected chi connectivity index (χ2v) is 7.99. The lowest BCUT2D eigenvalue weighted by Crippen LogP contribution is -2.42. The molecule has 2 aromatic rings. The summed E-state index contributed by atoms with van der Waals surface area (Å²) in [7, 11) is 0. The van der Waals surface area contributed by atoms with E-state index in [1.54, 1.807) is 11.3 Å². The largest absolute Gasteiger partial charge is 0.355 e. The van der Waals surface area contributed by atoms with Gasteiger partial charge in [-0.05, 0) is 29.7 Å². The summed E-state index contributed by atoms with van der Waals surface area (Å²) in [6.07, 6.45) is 2.15. The minimum Gasteiger partial charge on any atom is -0.355 e. The lowest BCUT2D eigenvalue weighted by molar-refractivity contribution is -0.121. The van der Waals surface area contributed by atoms with Crippen molar-refractivity contribution in [1.29, 1.82) is 0 Å². The fourth-order valence-electron chi connectivity index (χ4n) is 3.50. The zero-order valence-electron chi connectivity index (χ0n) is 14.9. The summed E-state index contributed by atoms with van der Waals surface area (Å²) in [6, 6.07) is 3.90. The predicted octanol–water partition coefficient (Wildman–Crippen LogP) is 2.82. The summed E-state index contributed by atoms with van der Waals surface area (Å²) in [5, 5.41) is 8.93. The van der Waals surface area contributed by atoms with Gasteiger partial charge in [0, 0.05) is 39.0 Å². The number of carbonyl (C=O) groups excluding carboxylic acids is 1. The first-order chi connectivity index (χ1) is 12.1. The number of aryl methyl sites for hydroxylation is 1. The summed E-state index contributed by atoms with van der Waals surface area (Å²) < 4.78 is 5.22. The van der Waals surface area contributed by atoms with Crippen LogP contribution < -0.4 is 5.32 Å². The normalized spacial score (nSPS) is 21.4. The molecule has 2 atom stereocenters. The van der Waals surface area contributed by atoms with Crippen LogP contribution in [0.2, 0.25) is 0 Å². The molecule has 25 heavy (non-hydrogen) atoms. The molecule has 1 saturated heterocycles. The standard InChI is InChI=1S/C18H26N4O2S/c1-13-10-14(2)12-22(11-13)8-7-19-16(23)5-6-17-20-18(21-24-17)15-4-3-9-25-15/h3-4,9,13-14H,5-8,10-12H2,1-2H3,(H,19,23). The quantitative estimate of drug-likeness (QED) is 0.820. The number of piperidine rings is 1. The maximum absolute atomic E-state index is 12.0. The summed E-state index contributed by atoms with van der Waals surface area (Å²) in [4.78, 5) is 19.8. The van der Waals surface area contributed by atoms with Gasteiger partial charge in [-0.25, -0.2) is 0 Å². The van der Waals surface area contributed by atoms with E-state index in [1.807, 2.05) is 17.5 Å². The molecular weight excluding hydrogens is 336 g/mol. The van der Waals surface area contributed by atoms with Crippen molar-refractivity contribution < 1.29 is 9.32 Å². The molecule has 2 unspecified atom stereocenters. The number of nitrogens with one attached hydrogen (secondary N) is 1. The highest BCUT2D eigenvalue weighted by Gasteiger charge is 2.21. The number of hydrogen-bond donors (Lipinski definition) is 1. The molecule has 7 heteroatoms. The highest BCUT2D eigenvalue weighted by Crippen LogP contribution is 2.22. The summed E-state index contributed by atoms with van der Waals surface area (Å²) in [5.74, 6) is 2.63. The van der Waals surface area contributed by atoms with E-state index in [0.717, 1.165) is 36.3 Å². The number of rotatable bonds is 7. The van der Waals surface area contributed by atoms with Crippen molar-refractivity contribution in [2.75, 3.05) is 26.2 Å². The number of nitrogens with zero attached hydrogens (tertiary/aromatic N) is 3. The lowest BCUT2D eigenvalue weighted by atomic mass is 9.92. The predicted molar refractivity (Wildman–Crippen MR) is 98.3 cm³/mol. The topological polar surface area (TPSA) is 71.3 Å². The van der Waals surface area contributed by atoms with Crippen LogP contribution in [0.25, 0.3) is 10.7 Å². The van der Waals surface area contributed by atoms with E-state index in [1.165, 1.54) is 6.42 Å². The Kier molecular flexibility index (Phi) is 6.20. The maximum Gasteiger partial charge on any atom is 0.227 e. The molecule has 0 saturated carbocycles. The van der Waals surface area contributed by atoms with E-state index >= 15 is 0 Å². The highest BCUT2D eigenvalue weighted by atomic mass is 32.1. The van der Waals surface area contributed by atoms with Crippen LogP contribution in [-0.2, 0) is 11.2 Å².